The highest BCUT2D eigenvalue weighted by molar-refractivity contribution is 6.19. The van der Waals surface area contributed by atoms with Crippen molar-refractivity contribution in [2.75, 3.05) is 18.7 Å². The molecular formula is C39H76Cl2N2O2. The molecule has 2 amide bonds. The second kappa shape index (κ2) is 36.4. The molecule has 4 nitrogen and oxygen atoms in total. The first-order valence-corrected chi connectivity index (χ1v) is 20.8. The molecule has 0 aliphatic carbocycles. The average Bonchev–Trinajstić information content (AvgIpc) is 3.05. The molecule has 0 aromatic carbocycles. The van der Waals surface area contributed by atoms with E-state index in [1.165, 1.54) is 167 Å². The number of unbranched alkanes of at least 4 members (excludes halogenated alkanes) is 28. The van der Waals surface area contributed by atoms with Gasteiger partial charge in [-0.25, -0.2) is 0 Å². The van der Waals surface area contributed by atoms with Crippen molar-refractivity contribution in [3.63, 3.8) is 0 Å². The summed E-state index contributed by atoms with van der Waals surface area (Å²) in [5.41, 5.74) is 0. The van der Waals surface area contributed by atoms with Gasteiger partial charge in [-0.2, -0.15) is 0 Å². The lowest BCUT2D eigenvalue weighted by molar-refractivity contribution is -0.138. The molecule has 0 radical (unpaired) electrons. The molecule has 0 unspecified atom stereocenters. The van der Waals surface area contributed by atoms with Crippen LogP contribution in [0, 0.1) is 0 Å². The van der Waals surface area contributed by atoms with Gasteiger partial charge < -0.3 is 9.80 Å². The number of hydrogen-bond acceptors (Lipinski definition) is 2. The van der Waals surface area contributed by atoms with E-state index in [9.17, 15) is 9.59 Å². The van der Waals surface area contributed by atoms with E-state index in [-0.39, 0.29) is 30.5 Å². The van der Waals surface area contributed by atoms with Crippen LogP contribution in [0.3, 0.4) is 0 Å². The van der Waals surface area contributed by atoms with Gasteiger partial charge in [-0.15, -0.1) is 23.2 Å². The fraction of sp³-hybridized carbons (Fsp3) is 0.949. The van der Waals surface area contributed by atoms with E-state index in [0.29, 0.717) is 12.8 Å². The molecule has 45 heavy (non-hydrogen) atoms. The van der Waals surface area contributed by atoms with Crippen molar-refractivity contribution >= 4 is 35.0 Å². The summed E-state index contributed by atoms with van der Waals surface area (Å²) in [5, 5.41) is 0. The number of halogens is 2. The first-order chi connectivity index (χ1) is 22.1. The summed E-state index contributed by atoms with van der Waals surface area (Å²) in [4.78, 5) is 28.6. The fourth-order valence-electron chi connectivity index (χ4n) is 6.18. The normalized spacial score (nSPS) is 11.3. The summed E-state index contributed by atoms with van der Waals surface area (Å²) in [6, 6.07) is 0.189. The van der Waals surface area contributed by atoms with Crippen LogP contribution in [-0.4, -0.2) is 40.3 Å². The Bertz CT molecular complexity index is 582. The molecule has 6 heteroatoms. The largest absolute Gasteiger partial charge is 0.311 e. The minimum Gasteiger partial charge on any atom is -0.311 e. The van der Waals surface area contributed by atoms with Gasteiger partial charge in [0.15, 0.2) is 0 Å². The third-order valence-corrected chi connectivity index (χ3v) is 9.90. The number of nitrogens with zero attached hydrogens (tertiary/aromatic N) is 2. The summed E-state index contributed by atoms with van der Waals surface area (Å²) < 4.78 is 0. The van der Waals surface area contributed by atoms with E-state index in [4.69, 9.17) is 23.2 Å². The Hall–Kier alpha value is -0.480. The summed E-state index contributed by atoms with van der Waals surface area (Å²) in [6.07, 6.45) is 40.2. The Morgan fingerprint density at radius 3 is 0.756 bits per heavy atom. The van der Waals surface area contributed by atoms with Crippen LogP contribution >= 0.6 is 23.2 Å². The first-order valence-electron chi connectivity index (χ1n) is 19.8. The molecule has 0 aliphatic heterocycles. The molecule has 0 aliphatic rings. The van der Waals surface area contributed by atoms with Crippen LogP contribution in [0.1, 0.15) is 219 Å². The maximum atomic E-state index is 12.8. The van der Waals surface area contributed by atoms with Crippen LogP contribution in [0.2, 0.25) is 0 Å². The van der Waals surface area contributed by atoms with Crippen LogP contribution in [0.5, 0.6) is 0 Å². The van der Waals surface area contributed by atoms with Crippen molar-refractivity contribution in [1.82, 2.24) is 9.80 Å². The van der Waals surface area contributed by atoms with Crippen molar-refractivity contribution in [1.29, 1.82) is 0 Å². The summed E-state index contributed by atoms with van der Waals surface area (Å²) in [7, 11) is 0. The number of rotatable bonds is 36. The summed E-state index contributed by atoms with van der Waals surface area (Å²) in [6.45, 7) is 4.75. The molecule has 268 valence electrons. The minimum absolute atomic E-state index is 0.0228. The molecule has 0 spiro atoms. The van der Waals surface area contributed by atoms with Gasteiger partial charge in [-0.1, -0.05) is 194 Å². The van der Waals surface area contributed by atoms with Gasteiger partial charge in [0.1, 0.15) is 0 Å². The highest BCUT2D eigenvalue weighted by Gasteiger charge is 2.19. The number of alkyl halides is 2. The van der Waals surface area contributed by atoms with E-state index in [1.807, 2.05) is 0 Å². The molecule has 0 aromatic heterocycles. The molecule has 0 saturated carbocycles. The van der Waals surface area contributed by atoms with Gasteiger partial charge in [0.05, 0.1) is 18.7 Å². The fourth-order valence-corrected chi connectivity index (χ4v) is 6.60. The van der Waals surface area contributed by atoms with E-state index < -0.39 is 0 Å². The lowest BCUT2D eigenvalue weighted by Crippen LogP contribution is -2.43. The highest BCUT2D eigenvalue weighted by Crippen LogP contribution is 2.16. The molecule has 0 atom stereocenters. The SMILES string of the molecule is CCCCCCCCCCCCCCCCCC(=O)N(CCl)CN(CCl)C(=O)CCCCCCCCCCCCCCCCC. The van der Waals surface area contributed by atoms with Crippen LogP contribution in [0.25, 0.3) is 0 Å². The van der Waals surface area contributed by atoms with E-state index in [2.05, 4.69) is 13.8 Å². The quantitative estimate of drug-likeness (QED) is 0.0287. The predicted octanol–water partition coefficient (Wildman–Crippen LogP) is 13.5. The van der Waals surface area contributed by atoms with E-state index in [0.717, 1.165) is 25.7 Å². The number of amides is 2. The zero-order valence-corrected chi connectivity index (χ0v) is 31.7. The van der Waals surface area contributed by atoms with Gasteiger partial charge >= 0.3 is 0 Å². The molecule has 0 N–H and O–H groups in total. The monoisotopic (exact) mass is 675 g/mol. The second-order valence-corrected chi connectivity index (χ2v) is 14.1. The average molecular weight is 676 g/mol. The third-order valence-electron chi connectivity index (χ3n) is 9.32. The van der Waals surface area contributed by atoms with Gasteiger partial charge in [0.25, 0.3) is 0 Å². The molecule has 0 aromatic rings. The Morgan fingerprint density at radius 1 is 0.356 bits per heavy atom. The molecule has 0 fully saturated rings. The Labute approximate surface area is 291 Å². The highest BCUT2D eigenvalue weighted by atomic mass is 35.5. The topological polar surface area (TPSA) is 40.6 Å². The number of carbonyl (C=O) groups is 2. The van der Waals surface area contributed by atoms with Crippen LogP contribution < -0.4 is 0 Å². The molecular weight excluding hydrogens is 599 g/mol. The van der Waals surface area contributed by atoms with Gasteiger partial charge in [-0.05, 0) is 12.8 Å². The zero-order chi connectivity index (χ0) is 33.1. The lowest BCUT2D eigenvalue weighted by Gasteiger charge is -2.28. The Kier molecular flexibility index (Phi) is 36.0. The molecule has 0 rings (SSSR count). The summed E-state index contributed by atoms with van der Waals surface area (Å²) >= 11 is 12.2. The Morgan fingerprint density at radius 2 is 0.556 bits per heavy atom. The van der Waals surface area contributed by atoms with E-state index in [1.54, 1.807) is 9.80 Å². The van der Waals surface area contributed by atoms with Crippen molar-refractivity contribution in [2.24, 2.45) is 0 Å². The Balaban J connectivity index is 3.75. The summed E-state index contributed by atoms with van der Waals surface area (Å²) in [5.74, 6) is 0.0455. The molecule has 0 bridgehead atoms. The van der Waals surface area contributed by atoms with Crippen LogP contribution in [0.4, 0.5) is 0 Å². The van der Waals surface area contributed by atoms with Gasteiger partial charge in [-0.3, -0.25) is 9.59 Å². The van der Waals surface area contributed by atoms with Crippen LogP contribution in [0.15, 0.2) is 0 Å². The maximum absolute atomic E-state index is 12.8. The molecule has 0 saturated heterocycles. The maximum Gasteiger partial charge on any atom is 0.224 e. The molecule has 0 heterocycles. The van der Waals surface area contributed by atoms with Crippen LogP contribution in [-0.2, 0) is 9.59 Å². The first kappa shape index (κ1) is 44.5. The van der Waals surface area contributed by atoms with Crippen molar-refractivity contribution in [2.45, 2.75) is 219 Å². The smallest absolute Gasteiger partial charge is 0.224 e. The lowest BCUT2D eigenvalue weighted by atomic mass is 10.0. The standard InChI is InChI=1S/C39H76Cl2N2O2/c1-3-5-7-9-11-13-15-17-19-21-23-25-27-29-31-33-38(44)42(35-40)37-43(36-41)39(45)34-32-30-28-26-24-22-20-18-16-14-12-10-8-6-4-2/h3-37H2,1-2H3. The van der Waals surface area contributed by atoms with Crippen molar-refractivity contribution in [3.8, 4) is 0 Å². The number of carbonyl (C=O) groups excluding carboxylic acids is 2. The number of hydrogen-bond donors (Lipinski definition) is 0. The van der Waals surface area contributed by atoms with Gasteiger partial charge in [0, 0.05) is 12.8 Å². The zero-order valence-electron chi connectivity index (χ0n) is 30.2. The second-order valence-electron chi connectivity index (χ2n) is 13.6. The third kappa shape index (κ3) is 30.6. The van der Waals surface area contributed by atoms with Crippen molar-refractivity contribution < 1.29 is 9.59 Å². The van der Waals surface area contributed by atoms with Crippen molar-refractivity contribution in [3.05, 3.63) is 0 Å². The predicted molar refractivity (Wildman–Crippen MR) is 199 cm³/mol. The van der Waals surface area contributed by atoms with Gasteiger partial charge in [0.2, 0.25) is 11.8 Å². The van der Waals surface area contributed by atoms with E-state index >= 15 is 0 Å². The minimum atomic E-state index is 0.0228.